The molecule has 1 heterocycles. The fourth-order valence-corrected chi connectivity index (χ4v) is 4.07. The van der Waals surface area contributed by atoms with E-state index in [0.29, 0.717) is 51.4 Å². The molecule has 0 atom stereocenters. The van der Waals surface area contributed by atoms with Gasteiger partial charge in [-0.3, -0.25) is 14.2 Å². The van der Waals surface area contributed by atoms with Gasteiger partial charge in [-0.05, 0) is 50.6 Å². The number of nitrogens with zero attached hydrogens (tertiary/aromatic N) is 2. The van der Waals surface area contributed by atoms with Gasteiger partial charge in [-0.2, -0.15) is 0 Å². The second-order valence-corrected chi connectivity index (χ2v) is 8.89. The zero-order chi connectivity index (χ0) is 22.4. The SMILES string of the molecule is CC(C)OCCCn1c(SCC(=O)Nc2cc(Cl)ccc2Cl)nc2ccccc2c1=O. The van der Waals surface area contributed by atoms with Crippen molar-refractivity contribution in [1.29, 1.82) is 0 Å². The molecule has 9 heteroatoms. The molecule has 0 saturated carbocycles. The Balaban J connectivity index is 1.77. The highest BCUT2D eigenvalue weighted by atomic mass is 35.5. The lowest BCUT2D eigenvalue weighted by Crippen LogP contribution is -2.25. The molecular weight excluding hydrogens is 457 g/mol. The summed E-state index contributed by atoms with van der Waals surface area (Å²) in [6, 6.07) is 12.0. The number of halogens is 2. The van der Waals surface area contributed by atoms with E-state index >= 15 is 0 Å². The molecule has 0 aliphatic heterocycles. The summed E-state index contributed by atoms with van der Waals surface area (Å²) in [4.78, 5) is 30.1. The summed E-state index contributed by atoms with van der Waals surface area (Å²) >= 11 is 13.3. The molecule has 0 spiro atoms. The number of hydrogen-bond donors (Lipinski definition) is 1. The topological polar surface area (TPSA) is 73.2 Å². The number of anilines is 1. The highest BCUT2D eigenvalue weighted by molar-refractivity contribution is 7.99. The summed E-state index contributed by atoms with van der Waals surface area (Å²) in [5.41, 5.74) is 0.911. The van der Waals surface area contributed by atoms with Gasteiger partial charge in [0.25, 0.3) is 5.56 Å². The molecule has 164 valence electrons. The largest absolute Gasteiger partial charge is 0.379 e. The number of benzene rings is 2. The van der Waals surface area contributed by atoms with E-state index in [1.807, 2.05) is 26.0 Å². The Morgan fingerprint density at radius 1 is 1.23 bits per heavy atom. The molecule has 31 heavy (non-hydrogen) atoms. The summed E-state index contributed by atoms with van der Waals surface area (Å²) in [6.07, 6.45) is 0.790. The number of hydrogen-bond acceptors (Lipinski definition) is 5. The Labute approximate surface area is 194 Å². The molecule has 6 nitrogen and oxygen atoms in total. The van der Waals surface area contributed by atoms with Gasteiger partial charge < -0.3 is 10.1 Å². The number of nitrogens with one attached hydrogen (secondary N) is 1. The predicted octanol–water partition coefficient (Wildman–Crippen LogP) is 5.25. The van der Waals surface area contributed by atoms with Gasteiger partial charge >= 0.3 is 0 Å². The van der Waals surface area contributed by atoms with Gasteiger partial charge in [-0.15, -0.1) is 0 Å². The lowest BCUT2D eigenvalue weighted by molar-refractivity contribution is -0.113. The van der Waals surface area contributed by atoms with Crippen LogP contribution in [0.15, 0.2) is 52.4 Å². The lowest BCUT2D eigenvalue weighted by Gasteiger charge is -2.14. The van der Waals surface area contributed by atoms with Crippen LogP contribution < -0.4 is 10.9 Å². The fraction of sp³-hybridized carbons (Fsp3) is 0.318. The van der Waals surface area contributed by atoms with Gasteiger partial charge in [0.05, 0.1) is 33.5 Å². The molecule has 0 aliphatic carbocycles. The van der Waals surface area contributed by atoms with E-state index in [2.05, 4.69) is 10.3 Å². The summed E-state index contributed by atoms with van der Waals surface area (Å²) in [6.45, 7) is 4.92. The molecule has 0 unspecified atom stereocenters. The van der Waals surface area contributed by atoms with Crippen LogP contribution >= 0.6 is 35.0 Å². The van der Waals surface area contributed by atoms with Crippen LogP contribution in [0.3, 0.4) is 0 Å². The average molecular weight is 480 g/mol. The van der Waals surface area contributed by atoms with Crippen molar-refractivity contribution >= 4 is 57.5 Å². The van der Waals surface area contributed by atoms with E-state index in [1.54, 1.807) is 34.9 Å². The van der Waals surface area contributed by atoms with Crippen LogP contribution in [0.2, 0.25) is 10.0 Å². The van der Waals surface area contributed by atoms with Crippen LogP contribution in [0.25, 0.3) is 10.9 Å². The van der Waals surface area contributed by atoms with E-state index in [0.717, 1.165) is 0 Å². The molecule has 0 bridgehead atoms. The van der Waals surface area contributed by atoms with Crippen molar-refractivity contribution in [3.05, 3.63) is 62.9 Å². The first-order valence-electron chi connectivity index (χ1n) is 9.84. The Kier molecular flexibility index (Phi) is 8.37. The van der Waals surface area contributed by atoms with E-state index in [1.165, 1.54) is 11.8 Å². The third-order valence-electron chi connectivity index (χ3n) is 4.34. The number of aromatic nitrogens is 2. The maximum Gasteiger partial charge on any atom is 0.262 e. The zero-order valence-electron chi connectivity index (χ0n) is 17.2. The molecule has 0 aliphatic rings. The Morgan fingerprint density at radius 2 is 2.00 bits per heavy atom. The molecule has 0 fully saturated rings. The molecule has 1 aromatic heterocycles. The highest BCUT2D eigenvalue weighted by Gasteiger charge is 2.14. The first-order chi connectivity index (χ1) is 14.8. The van der Waals surface area contributed by atoms with Gasteiger partial charge in [-0.25, -0.2) is 4.98 Å². The van der Waals surface area contributed by atoms with Crippen molar-refractivity contribution in [3.8, 4) is 0 Å². The molecule has 1 N–H and O–H groups in total. The normalized spacial score (nSPS) is 11.3. The number of para-hydroxylation sites is 1. The van der Waals surface area contributed by atoms with Gasteiger partial charge in [-0.1, -0.05) is 47.1 Å². The maximum atomic E-state index is 13.0. The summed E-state index contributed by atoms with van der Waals surface area (Å²) in [5.74, 6) is -0.206. The maximum absolute atomic E-state index is 13.0. The van der Waals surface area contributed by atoms with Crippen LogP contribution in [0.5, 0.6) is 0 Å². The predicted molar refractivity (Wildman–Crippen MR) is 128 cm³/mol. The Hall–Kier alpha value is -2.06. The Morgan fingerprint density at radius 3 is 2.77 bits per heavy atom. The second kappa shape index (κ2) is 11.0. The summed E-state index contributed by atoms with van der Waals surface area (Å²) in [7, 11) is 0. The zero-order valence-corrected chi connectivity index (χ0v) is 19.6. The van der Waals surface area contributed by atoms with Crippen molar-refractivity contribution in [3.63, 3.8) is 0 Å². The molecule has 1 amide bonds. The third-order valence-corrected chi connectivity index (χ3v) is 5.88. The van der Waals surface area contributed by atoms with Gasteiger partial charge in [0.15, 0.2) is 5.16 Å². The molecule has 0 radical (unpaired) electrons. The third kappa shape index (κ3) is 6.46. The van der Waals surface area contributed by atoms with Crippen LogP contribution in [-0.2, 0) is 16.1 Å². The van der Waals surface area contributed by atoms with Crippen molar-refractivity contribution in [2.75, 3.05) is 17.7 Å². The van der Waals surface area contributed by atoms with Gasteiger partial charge in [0.1, 0.15) is 0 Å². The summed E-state index contributed by atoms with van der Waals surface area (Å²) < 4.78 is 7.19. The van der Waals surface area contributed by atoms with Gasteiger partial charge in [0, 0.05) is 18.2 Å². The minimum absolute atomic E-state index is 0.0656. The smallest absolute Gasteiger partial charge is 0.262 e. The fourth-order valence-electron chi connectivity index (χ4n) is 2.91. The molecule has 3 aromatic rings. The molecular formula is C22H23Cl2N3O3S. The van der Waals surface area contributed by atoms with Crippen LogP contribution in [-0.4, -0.2) is 33.9 Å². The highest BCUT2D eigenvalue weighted by Crippen LogP contribution is 2.26. The molecule has 3 rings (SSSR count). The number of fused-ring (bicyclic) bond motifs is 1. The minimum Gasteiger partial charge on any atom is -0.379 e. The second-order valence-electron chi connectivity index (χ2n) is 7.10. The van der Waals surface area contributed by atoms with Crippen molar-refractivity contribution in [2.24, 2.45) is 0 Å². The van der Waals surface area contributed by atoms with Crippen LogP contribution in [0.1, 0.15) is 20.3 Å². The van der Waals surface area contributed by atoms with E-state index in [-0.39, 0.29) is 23.3 Å². The first-order valence-corrected chi connectivity index (χ1v) is 11.6. The average Bonchev–Trinajstić information content (AvgIpc) is 2.73. The van der Waals surface area contributed by atoms with Crippen molar-refractivity contribution < 1.29 is 9.53 Å². The molecule has 2 aromatic carbocycles. The van der Waals surface area contributed by atoms with E-state index in [9.17, 15) is 9.59 Å². The summed E-state index contributed by atoms with van der Waals surface area (Å²) in [5, 5.41) is 4.65. The Bertz CT molecular complexity index is 1130. The monoisotopic (exact) mass is 479 g/mol. The van der Waals surface area contributed by atoms with Crippen molar-refractivity contribution in [2.45, 2.75) is 38.1 Å². The van der Waals surface area contributed by atoms with Crippen LogP contribution in [0, 0.1) is 0 Å². The standard InChI is InChI=1S/C22H23Cl2N3O3S/c1-14(2)30-11-5-10-27-21(29)16-6-3-4-7-18(16)26-22(27)31-13-20(28)25-19-12-15(23)8-9-17(19)24/h3-4,6-9,12,14H,5,10-11,13H2,1-2H3,(H,25,28). The number of rotatable bonds is 9. The van der Waals surface area contributed by atoms with Crippen molar-refractivity contribution in [1.82, 2.24) is 9.55 Å². The lowest BCUT2D eigenvalue weighted by atomic mass is 10.2. The number of carbonyl (C=O) groups excluding carboxylic acids is 1. The van der Waals surface area contributed by atoms with Gasteiger partial charge in [0.2, 0.25) is 5.91 Å². The number of thioether (sulfide) groups is 1. The van der Waals surface area contributed by atoms with E-state index in [4.69, 9.17) is 27.9 Å². The number of carbonyl (C=O) groups is 1. The van der Waals surface area contributed by atoms with E-state index < -0.39 is 0 Å². The quantitative estimate of drug-likeness (QED) is 0.257. The number of ether oxygens (including phenoxy) is 1. The van der Waals surface area contributed by atoms with Crippen LogP contribution in [0.4, 0.5) is 5.69 Å². The minimum atomic E-state index is -0.272. The number of amides is 1. The molecule has 0 saturated heterocycles. The first kappa shape index (κ1) is 23.6.